The van der Waals surface area contributed by atoms with E-state index in [0.717, 1.165) is 6.42 Å². The van der Waals surface area contributed by atoms with Crippen LogP contribution < -0.4 is 11.1 Å². The minimum absolute atomic E-state index is 0.239. The first-order valence-electron chi connectivity index (χ1n) is 6.24. The van der Waals surface area contributed by atoms with Crippen molar-refractivity contribution in [1.29, 1.82) is 0 Å². The fraction of sp³-hybridized carbons (Fsp3) is 0.500. The van der Waals surface area contributed by atoms with Crippen molar-refractivity contribution in [3.05, 3.63) is 23.8 Å². The molecule has 4 nitrogen and oxygen atoms in total. The smallest absolute Gasteiger partial charge is 0.340 e. The summed E-state index contributed by atoms with van der Waals surface area (Å²) in [7, 11) is 1.37. The van der Waals surface area contributed by atoms with Crippen LogP contribution in [0.2, 0.25) is 0 Å². The maximum atomic E-state index is 11.7. The Balaban J connectivity index is 3.03. The molecular weight excluding hydrogens is 228 g/mol. The molecule has 0 amide bonds. The van der Waals surface area contributed by atoms with Gasteiger partial charge in [-0.15, -0.1) is 0 Å². The van der Waals surface area contributed by atoms with E-state index in [9.17, 15) is 4.79 Å². The van der Waals surface area contributed by atoms with Gasteiger partial charge in [-0.1, -0.05) is 26.3 Å². The minimum Gasteiger partial charge on any atom is -0.465 e. The molecule has 18 heavy (non-hydrogen) atoms. The van der Waals surface area contributed by atoms with Gasteiger partial charge < -0.3 is 15.8 Å². The molecule has 1 rings (SSSR count). The Morgan fingerprint density at radius 1 is 1.44 bits per heavy atom. The highest BCUT2D eigenvalue weighted by Gasteiger charge is 2.17. The van der Waals surface area contributed by atoms with Crippen LogP contribution in [0.4, 0.5) is 11.4 Å². The lowest BCUT2D eigenvalue weighted by Crippen LogP contribution is -2.25. The number of nitrogens with two attached hydrogens (primary N) is 1. The van der Waals surface area contributed by atoms with Crippen LogP contribution in [0.3, 0.4) is 0 Å². The Morgan fingerprint density at radius 3 is 2.67 bits per heavy atom. The van der Waals surface area contributed by atoms with Gasteiger partial charge in [-0.05, 0) is 25.0 Å². The summed E-state index contributed by atoms with van der Waals surface area (Å²) in [6.45, 7) is 6.38. The summed E-state index contributed by atoms with van der Waals surface area (Å²) in [5.74, 6) is 0.122. The molecule has 0 saturated heterocycles. The van der Waals surface area contributed by atoms with Crippen LogP contribution in [-0.2, 0) is 4.74 Å². The second kappa shape index (κ2) is 6.28. The monoisotopic (exact) mass is 250 g/mol. The Bertz CT molecular complexity index is 418. The number of nitrogen functional groups attached to an aromatic ring is 1. The molecule has 0 aromatic heterocycles. The molecule has 0 bridgehead atoms. The van der Waals surface area contributed by atoms with E-state index in [1.807, 2.05) is 0 Å². The van der Waals surface area contributed by atoms with Crippen molar-refractivity contribution in [1.82, 2.24) is 0 Å². The molecule has 0 saturated carbocycles. The van der Waals surface area contributed by atoms with E-state index in [-0.39, 0.29) is 12.0 Å². The number of anilines is 2. The van der Waals surface area contributed by atoms with Gasteiger partial charge >= 0.3 is 5.97 Å². The summed E-state index contributed by atoms with van der Waals surface area (Å²) in [5.41, 5.74) is 7.64. The van der Waals surface area contributed by atoms with Gasteiger partial charge in [0.15, 0.2) is 0 Å². The predicted octanol–water partition coefficient (Wildman–Crippen LogP) is 2.90. The quantitative estimate of drug-likeness (QED) is 0.623. The molecule has 4 heteroatoms. The average molecular weight is 250 g/mol. The minimum atomic E-state index is -0.374. The van der Waals surface area contributed by atoms with Gasteiger partial charge in [0.05, 0.1) is 24.0 Å². The molecule has 3 N–H and O–H groups in total. The van der Waals surface area contributed by atoms with E-state index < -0.39 is 0 Å². The number of benzene rings is 1. The van der Waals surface area contributed by atoms with Crippen LogP contribution >= 0.6 is 0 Å². The summed E-state index contributed by atoms with van der Waals surface area (Å²) in [6, 6.07) is 5.48. The third-order valence-corrected chi connectivity index (χ3v) is 3.37. The van der Waals surface area contributed by atoms with Gasteiger partial charge in [-0.3, -0.25) is 0 Å². The molecule has 1 aromatic carbocycles. The molecule has 2 atom stereocenters. The standard InChI is InChI=1S/C14H22N2O2/c1-5-9(2)10(3)16-13-11(14(17)18-4)7-6-8-12(13)15/h6-10,16H,5,15H2,1-4H3. The largest absolute Gasteiger partial charge is 0.465 e. The second-order valence-electron chi connectivity index (χ2n) is 4.58. The Kier molecular flexibility index (Phi) is 5.01. The van der Waals surface area contributed by atoms with Crippen LogP contribution in [0.1, 0.15) is 37.6 Å². The normalized spacial score (nSPS) is 13.8. The fourth-order valence-electron chi connectivity index (χ4n) is 1.73. The highest BCUT2D eigenvalue weighted by molar-refractivity contribution is 5.98. The van der Waals surface area contributed by atoms with Gasteiger partial charge in [0.1, 0.15) is 0 Å². The maximum absolute atomic E-state index is 11.7. The third-order valence-electron chi connectivity index (χ3n) is 3.37. The first-order valence-corrected chi connectivity index (χ1v) is 6.24. The zero-order valence-electron chi connectivity index (χ0n) is 11.5. The van der Waals surface area contributed by atoms with E-state index in [4.69, 9.17) is 10.5 Å². The number of carbonyl (C=O) groups excluding carboxylic acids is 1. The molecular formula is C14H22N2O2. The summed E-state index contributed by atoms with van der Waals surface area (Å²) in [4.78, 5) is 11.7. The SMILES string of the molecule is CCC(C)C(C)Nc1c(N)cccc1C(=O)OC. The number of methoxy groups -OCH3 is 1. The number of hydrogen-bond acceptors (Lipinski definition) is 4. The Labute approximate surface area is 109 Å². The van der Waals surface area contributed by atoms with Crippen LogP contribution in [0, 0.1) is 5.92 Å². The average Bonchev–Trinajstić information content (AvgIpc) is 2.38. The zero-order chi connectivity index (χ0) is 13.7. The van der Waals surface area contributed by atoms with Crippen molar-refractivity contribution in [2.45, 2.75) is 33.2 Å². The summed E-state index contributed by atoms with van der Waals surface area (Å²) < 4.78 is 4.77. The maximum Gasteiger partial charge on any atom is 0.340 e. The van der Waals surface area contributed by atoms with Gasteiger partial charge in [0.25, 0.3) is 0 Å². The van der Waals surface area contributed by atoms with Crippen LogP contribution in [0.15, 0.2) is 18.2 Å². The molecule has 1 aromatic rings. The topological polar surface area (TPSA) is 64.3 Å². The van der Waals surface area contributed by atoms with Crippen LogP contribution in [0.25, 0.3) is 0 Å². The Morgan fingerprint density at radius 2 is 2.11 bits per heavy atom. The van der Waals surface area contributed by atoms with E-state index in [2.05, 4.69) is 26.1 Å². The van der Waals surface area contributed by atoms with Crippen molar-refractivity contribution in [2.24, 2.45) is 5.92 Å². The second-order valence-corrected chi connectivity index (χ2v) is 4.58. The van der Waals surface area contributed by atoms with E-state index in [0.29, 0.717) is 22.9 Å². The third kappa shape index (κ3) is 3.15. The van der Waals surface area contributed by atoms with Crippen molar-refractivity contribution < 1.29 is 9.53 Å². The lowest BCUT2D eigenvalue weighted by Gasteiger charge is -2.23. The number of carbonyl (C=O) groups is 1. The fourth-order valence-corrected chi connectivity index (χ4v) is 1.73. The highest BCUT2D eigenvalue weighted by Crippen LogP contribution is 2.26. The molecule has 0 fully saturated rings. The molecule has 100 valence electrons. The van der Waals surface area contributed by atoms with E-state index in [1.165, 1.54) is 7.11 Å². The molecule has 0 aliphatic rings. The summed E-state index contributed by atoms with van der Waals surface area (Å²) >= 11 is 0. The van der Waals surface area contributed by atoms with Crippen LogP contribution in [-0.4, -0.2) is 19.1 Å². The van der Waals surface area contributed by atoms with E-state index in [1.54, 1.807) is 18.2 Å². The predicted molar refractivity (Wildman–Crippen MR) is 74.7 cm³/mol. The number of hydrogen-bond donors (Lipinski definition) is 2. The lowest BCUT2D eigenvalue weighted by atomic mass is 10.00. The molecule has 0 spiro atoms. The molecule has 0 radical (unpaired) electrons. The van der Waals surface area contributed by atoms with Gasteiger partial charge in [-0.2, -0.15) is 0 Å². The zero-order valence-corrected chi connectivity index (χ0v) is 11.5. The van der Waals surface area contributed by atoms with Gasteiger partial charge in [-0.25, -0.2) is 4.79 Å². The first-order chi connectivity index (χ1) is 8.51. The number of nitrogens with one attached hydrogen (secondary N) is 1. The molecule has 0 aliphatic carbocycles. The van der Waals surface area contributed by atoms with Crippen molar-refractivity contribution in [3.63, 3.8) is 0 Å². The van der Waals surface area contributed by atoms with Crippen molar-refractivity contribution in [3.8, 4) is 0 Å². The number of esters is 1. The Hall–Kier alpha value is -1.71. The molecule has 0 heterocycles. The van der Waals surface area contributed by atoms with Crippen LogP contribution in [0.5, 0.6) is 0 Å². The molecule has 0 aliphatic heterocycles. The summed E-state index contributed by atoms with van der Waals surface area (Å²) in [6.07, 6.45) is 1.06. The number of ether oxygens (including phenoxy) is 1. The summed E-state index contributed by atoms with van der Waals surface area (Å²) in [5, 5.41) is 3.32. The number of rotatable bonds is 5. The highest BCUT2D eigenvalue weighted by atomic mass is 16.5. The molecule has 2 unspecified atom stereocenters. The van der Waals surface area contributed by atoms with Crippen molar-refractivity contribution in [2.75, 3.05) is 18.2 Å². The first kappa shape index (κ1) is 14.4. The van der Waals surface area contributed by atoms with E-state index >= 15 is 0 Å². The van der Waals surface area contributed by atoms with Crippen molar-refractivity contribution >= 4 is 17.3 Å². The lowest BCUT2D eigenvalue weighted by molar-refractivity contribution is 0.0602. The van der Waals surface area contributed by atoms with Gasteiger partial charge in [0, 0.05) is 6.04 Å². The number of para-hydroxylation sites is 1. The van der Waals surface area contributed by atoms with Gasteiger partial charge in [0.2, 0.25) is 0 Å².